The zero-order valence-electron chi connectivity index (χ0n) is 17.2. The molecule has 0 fully saturated rings. The van der Waals surface area contributed by atoms with E-state index >= 15 is 0 Å². The summed E-state index contributed by atoms with van der Waals surface area (Å²) in [7, 11) is 1.49. The molecule has 3 aromatic carbocycles. The fraction of sp³-hybridized carbons (Fsp3) is 0.0435. The Kier molecular flexibility index (Phi) is 7.52. The number of carbonyl (C=O) groups excluding carboxylic acids is 2. The van der Waals surface area contributed by atoms with E-state index in [9.17, 15) is 24.1 Å². The molecule has 0 aliphatic carbocycles. The number of rotatable bonds is 7. The second-order valence-corrected chi connectivity index (χ2v) is 7.53. The Labute approximate surface area is 196 Å². The number of methoxy groups -OCH3 is 1. The van der Waals surface area contributed by atoms with Crippen molar-refractivity contribution in [2.75, 3.05) is 12.4 Å². The van der Waals surface area contributed by atoms with Crippen LogP contribution >= 0.6 is 15.9 Å². The Bertz CT molecular complexity index is 1250. The number of nitro groups is 1. The summed E-state index contributed by atoms with van der Waals surface area (Å²) >= 11 is 3.30. The van der Waals surface area contributed by atoms with Gasteiger partial charge >= 0.3 is 0 Å². The van der Waals surface area contributed by atoms with Gasteiger partial charge in [0.1, 0.15) is 17.3 Å². The first kappa shape index (κ1) is 23.6. The van der Waals surface area contributed by atoms with Gasteiger partial charge in [0.05, 0.1) is 16.5 Å². The van der Waals surface area contributed by atoms with E-state index in [0.717, 1.165) is 0 Å². The highest BCUT2D eigenvalue weighted by molar-refractivity contribution is 9.10. The topological polar surface area (TPSA) is 111 Å². The quantitative estimate of drug-likeness (QED) is 0.264. The Morgan fingerprint density at radius 1 is 1.09 bits per heavy atom. The number of anilines is 1. The van der Waals surface area contributed by atoms with Gasteiger partial charge < -0.3 is 15.4 Å². The minimum Gasteiger partial charge on any atom is -0.496 e. The van der Waals surface area contributed by atoms with Gasteiger partial charge in [-0.05, 0) is 70.0 Å². The third-order valence-corrected chi connectivity index (χ3v) is 5.02. The highest BCUT2D eigenvalue weighted by Crippen LogP contribution is 2.25. The number of nitrogens with one attached hydrogen (secondary N) is 2. The van der Waals surface area contributed by atoms with Crippen molar-refractivity contribution in [1.29, 1.82) is 0 Å². The Hall–Kier alpha value is -4.05. The van der Waals surface area contributed by atoms with Gasteiger partial charge in [-0.25, -0.2) is 4.39 Å². The summed E-state index contributed by atoms with van der Waals surface area (Å²) in [6.45, 7) is 0. The number of halogens is 2. The van der Waals surface area contributed by atoms with Crippen LogP contribution in [0.2, 0.25) is 0 Å². The minimum absolute atomic E-state index is 0.170. The highest BCUT2D eigenvalue weighted by atomic mass is 79.9. The van der Waals surface area contributed by atoms with Crippen molar-refractivity contribution in [3.05, 3.63) is 104 Å². The average Bonchev–Trinajstić information content (AvgIpc) is 2.80. The number of amides is 2. The molecular formula is C23H17BrFN3O5. The van der Waals surface area contributed by atoms with Crippen LogP contribution in [-0.4, -0.2) is 23.8 Å². The summed E-state index contributed by atoms with van der Waals surface area (Å²) in [4.78, 5) is 36.2. The van der Waals surface area contributed by atoms with Crippen LogP contribution in [0, 0.1) is 15.9 Å². The normalized spacial score (nSPS) is 10.9. The molecule has 8 nitrogen and oxygen atoms in total. The lowest BCUT2D eigenvalue weighted by molar-refractivity contribution is -0.384. The van der Waals surface area contributed by atoms with Crippen LogP contribution in [0.1, 0.15) is 15.9 Å². The largest absolute Gasteiger partial charge is 0.496 e. The summed E-state index contributed by atoms with van der Waals surface area (Å²) in [5.41, 5.74) is 0.517. The number of carbonyl (C=O) groups is 2. The van der Waals surface area contributed by atoms with Crippen molar-refractivity contribution in [1.82, 2.24) is 5.32 Å². The maximum atomic E-state index is 13.2. The fourth-order valence-corrected chi connectivity index (χ4v) is 3.33. The summed E-state index contributed by atoms with van der Waals surface area (Å²) in [6, 6.07) is 15.3. The van der Waals surface area contributed by atoms with Gasteiger partial charge in [-0.15, -0.1) is 0 Å². The Morgan fingerprint density at radius 2 is 1.82 bits per heavy atom. The summed E-state index contributed by atoms with van der Waals surface area (Å²) < 4.78 is 18.9. The van der Waals surface area contributed by atoms with E-state index in [1.54, 1.807) is 12.1 Å². The fourth-order valence-electron chi connectivity index (χ4n) is 2.79. The molecule has 0 saturated heterocycles. The molecule has 0 radical (unpaired) electrons. The third-order valence-electron chi connectivity index (χ3n) is 4.40. The van der Waals surface area contributed by atoms with Gasteiger partial charge in [0.15, 0.2) is 0 Å². The molecule has 2 amide bonds. The van der Waals surface area contributed by atoms with Crippen LogP contribution in [0.25, 0.3) is 6.08 Å². The predicted octanol–water partition coefficient (Wildman–Crippen LogP) is 4.91. The number of hydrogen-bond acceptors (Lipinski definition) is 5. The zero-order valence-corrected chi connectivity index (χ0v) is 18.8. The van der Waals surface area contributed by atoms with Gasteiger partial charge in [0.2, 0.25) is 0 Å². The second kappa shape index (κ2) is 10.5. The molecule has 0 aromatic heterocycles. The van der Waals surface area contributed by atoms with Gasteiger partial charge in [-0.2, -0.15) is 0 Å². The highest BCUT2D eigenvalue weighted by Gasteiger charge is 2.17. The minimum atomic E-state index is -0.700. The summed E-state index contributed by atoms with van der Waals surface area (Å²) in [5.74, 6) is -1.25. The molecule has 0 bridgehead atoms. The lowest BCUT2D eigenvalue weighted by atomic mass is 10.1. The first-order valence-corrected chi connectivity index (χ1v) is 10.2. The van der Waals surface area contributed by atoms with Gasteiger partial charge in [-0.1, -0.05) is 12.1 Å². The van der Waals surface area contributed by atoms with Crippen LogP contribution in [0.5, 0.6) is 5.75 Å². The van der Waals surface area contributed by atoms with E-state index in [4.69, 9.17) is 4.74 Å². The predicted molar refractivity (Wildman–Crippen MR) is 124 cm³/mol. The van der Waals surface area contributed by atoms with Crippen molar-refractivity contribution in [3.8, 4) is 5.75 Å². The molecule has 0 heterocycles. The number of nitro benzene ring substituents is 1. The first-order chi connectivity index (χ1) is 15.8. The smallest absolute Gasteiger partial charge is 0.272 e. The molecular weight excluding hydrogens is 497 g/mol. The average molecular weight is 514 g/mol. The Morgan fingerprint density at radius 3 is 2.45 bits per heavy atom. The molecule has 0 unspecified atom stereocenters. The molecule has 0 spiro atoms. The van der Waals surface area contributed by atoms with Gasteiger partial charge in [-0.3, -0.25) is 19.7 Å². The lowest BCUT2D eigenvalue weighted by Gasteiger charge is -2.12. The number of benzene rings is 3. The van der Waals surface area contributed by atoms with E-state index in [2.05, 4.69) is 26.6 Å². The second-order valence-electron chi connectivity index (χ2n) is 6.67. The number of hydrogen-bond donors (Lipinski definition) is 2. The van der Waals surface area contributed by atoms with Crippen LogP contribution in [0.3, 0.4) is 0 Å². The van der Waals surface area contributed by atoms with E-state index in [1.165, 1.54) is 67.8 Å². The van der Waals surface area contributed by atoms with Crippen molar-refractivity contribution >= 4 is 45.2 Å². The molecule has 0 aliphatic rings. The van der Waals surface area contributed by atoms with E-state index in [1.807, 2.05) is 0 Å². The zero-order chi connectivity index (χ0) is 24.0. The number of nitrogens with zero attached hydrogens (tertiary/aromatic N) is 1. The molecule has 168 valence electrons. The molecule has 2 N–H and O–H groups in total. The van der Waals surface area contributed by atoms with E-state index < -0.39 is 22.6 Å². The third kappa shape index (κ3) is 6.23. The number of ether oxygens (including phenoxy) is 1. The monoisotopic (exact) mass is 513 g/mol. The molecule has 3 rings (SSSR count). The number of non-ortho nitro benzene ring substituents is 1. The van der Waals surface area contributed by atoms with E-state index in [0.29, 0.717) is 21.5 Å². The SMILES string of the molecule is COc1ccc(C(=O)N/C(=C\c2cccc([N+](=O)[O-])c2)C(=O)Nc2ccc(F)cc2)cc1Br. The molecule has 10 heteroatoms. The van der Waals surface area contributed by atoms with Crippen molar-refractivity contribution in [2.24, 2.45) is 0 Å². The molecule has 33 heavy (non-hydrogen) atoms. The lowest BCUT2D eigenvalue weighted by Crippen LogP contribution is -2.30. The van der Waals surface area contributed by atoms with Crippen molar-refractivity contribution < 1.29 is 23.6 Å². The van der Waals surface area contributed by atoms with Crippen molar-refractivity contribution in [3.63, 3.8) is 0 Å². The standard InChI is InChI=1S/C23H17BrFN3O5/c1-33-21-10-5-15(13-19(21)24)22(29)27-20(12-14-3-2-4-18(11-14)28(31)32)23(30)26-17-8-6-16(25)7-9-17/h2-13H,1H3,(H,26,30)(H,27,29)/b20-12-. The first-order valence-electron chi connectivity index (χ1n) is 9.45. The van der Waals surface area contributed by atoms with E-state index in [-0.39, 0.29) is 16.9 Å². The molecule has 0 aliphatic heterocycles. The molecule has 0 atom stereocenters. The maximum Gasteiger partial charge on any atom is 0.272 e. The van der Waals surface area contributed by atoms with Crippen LogP contribution < -0.4 is 15.4 Å². The molecule has 0 saturated carbocycles. The van der Waals surface area contributed by atoms with Crippen LogP contribution in [-0.2, 0) is 4.79 Å². The summed E-state index contributed by atoms with van der Waals surface area (Å²) in [6.07, 6.45) is 1.31. The summed E-state index contributed by atoms with van der Waals surface area (Å²) in [5, 5.41) is 16.2. The van der Waals surface area contributed by atoms with Crippen LogP contribution in [0.4, 0.5) is 15.8 Å². The van der Waals surface area contributed by atoms with Crippen LogP contribution in [0.15, 0.2) is 76.9 Å². The van der Waals surface area contributed by atoms with Gasteiger partial charge in [0, 0.05) is 23.4 Å². The van der Waals surface area contributed by atoms with Crippen molar-refractivity contribution in [2.45, 2.75) is 0 Å². The molecule has 3 aromatic rings. The maximum absolute atomic E-state index is 13.2. The van der Waals surface area contributed by atoms with Gasteiger partial charge in [0.25, 0.3) is 17.5 Å². The Balaban J connectivity index is 1.93.